The molecular weight excluding hydrogens is 306 g/mol. The first-order chi connectivity index (χ1) is 10.6. The van der Waals surface area contributed by atoms with E-state index >= 15 is 0 Å². The van der Waals surface area contributed by atoms with Gasteiger partial charge in [-0.2, -0.15) is 0 Å². The van der Waals surface area contributed by atoms with Crippen molar-refractivity contribution in [3.63, 3.8) is 0 Å². The minimum absolute atomic E-state index is 0.0245. The molecule has 6 nitrogen and oxygen atoms in total. The molecule has 0 aliphatic rings. The molecule has 0 bridgehead atoms. The van der Waals surface area contributed by atoms with Crippen molar-refractivity contribution >= 4 is 23.0 Å². The maximum atomic E-state index is 11.0. The molecule has 0 radical (unpaired) electrons. The number of aliphatic hydroxyl groups excluding tert-OH is 1. The molecule has 116 valence electrons. The molecule has 0 saturated carbocycles. The van der Waals surface area contributed by atoms with Crippen LogP contribution >= 0.6 is 11.6 Å². The number of benzene rings is 1. The summed E-state index contributed by atoms with van der Waals surface area (Å²) in [7, 11) is 0. The zero-order valence-electron chi connectivity index (χ0n) is 11.8. The van der Waals surface area contributed by atoms with E-state index in [1.807, 2.05) is 12.1 Å². The zero-order chi connectivity index (χ0) is 15.9. The van der Waals surface area contributed by atoms with Gasteiger partial charge < -0.3 is 10.4 Å². The highest BCUT2D eigenvalue weighted by Gasteiger charge is 2.16. The summed E-state index contributed by atoms with van der Waals surface area (Å²) in [4.78, 5) is 14.6. The van der Waals surface area contributed by atoms with Crippen LogP contribution in [0.4, 0.5) is 11.4 Å². The molecule has 0 aliphatic carbocycles. The van der Waals surface area contributed by atoms with Crippen LogP contribution in [0.5, 0.6) is 0 Å². The Morgan fingerprint density at radius 1 is 1.41 bits per heavy atom. The molecule has 0 saturated heterocycles. The molecule has 7 heteroatoms. The number of hydrogen-bond acceptors (Lipinski definition) is 5. The van der Waals surface area contributed by atoms with Gasteiger partial charge in [-0.05, 0) is 30.2 Å². The number of nitrogens with zero attached hydrogens (tertiary/aromatic N) is 2. The Balaban J connectivity index is 2.03. The van der Waals surface area contributed by atoms with Crippen LogP contribution in [0.3, 0.4) is 0 Å². The summed E-state index contributed by atoms with van der Waals surface area (Å²) in [6, 6.07) is 8.23. The lowest BCUT2D eigenvalue weighted by molar-refractivity contribution is -0.383. The fraction of sp³-hybridized carbons (Fsp3) is 0.267. The van der Waals surface area contributed by atoms with Crippen molar-refractivity contribution in [1.29, 1.82) is 0 Å². The Kier molecular flexibility index (Phi) is 5.68. The number of hydrogen-bond donors (Lipinski definition) is 2. The van der Waals surface area contributed by atoms with E-state index in [0.29, 0.717) is 23.7 Å². The Labute approximate surface area is 132 Å². The van der Waals surface area contributed by atoms with Crippen molar-refractivity contribution in [2.75, 3.05) is 18.5 Å². The first-order valence-corrected chi connectivity index (χ1v) is 7.15. The number of pyridine rings is 1. The molecule has 0 aliphatic heterocycles. The summed E-state index contributed by atoms with van der Waals surface area (Å²) < 4.78 is 0. The van der Waals surface area contributed by atoms with Gasteiger partial charge >= 0.3 is 0 Å². The van der Waals surface area contributed by atoms with Crippen LogP contribution in [0, 0.1) is 16.0 Å². The maximum absolute atomic E-state index is 11.0. The predicted octanol–water partition coefficient (Wildman–Crippen LogP) is 2.91. The standard InChI is InChI=1S/C15H16ClN3O3/c16-13-3-4-14(15(7-13)19(21)22)18-9-12(10-20)6-11-2-1-5-17-8-11/h1-5,7-8,12,18,20H,6,9-10H2/t12-/m0/s1. The number of anilines is 1. The fourth-order valence-electron chi connectivity index (χ4n) is 2.11. The third-order valence-corrected chi connectivity index (χ3v) is 3.48. The predicted molar refractivity (Wildman–Crippen MR) is 85.1 cm³/mol. The molecule has 1 aromatic carbocycles. The van der Waals surface area contributed by atoms with E-state index in [4.69, 9.17) is 11.6 Å². The van der Waals surface area contributed by atoms with Crippen molar-refractivity contribution < 1.29 is 10.0 Å². The number of nitro groups is 1. The Morgan fingerprint density at radius 3 is 2.86 bits per heavy atom. The van der Waals surface area contributed by atoms with E-state index in [-0.39, 0.29) is 18.2 Å². The highest BCUT2D eigenvalue weighted by molar-refractivity contribution is 6.30. The number of rotatable bonds is 7. The van der Waals surface area contributed by atoms with Crippen molar-refractivity contribution in [1.82, 2.24) is 4.98 Å². The van der Waals surface area contributed by atoms with Crippen LogP contribution in [0.25, 0.3) is 0 Å². The molecule has 1 aromatic heterocycles. The number of aromatic nitrogens is 1. The lowest BCUT2D eigenvalue weighted by Gasteiger charge is -2.16. The topological polar surface area (TPSA) is 88.3 Å². The maximum Gasteiger partial charge on any atom is 0.293 e. The summed E-state index contributed by atoms with van der Waals surface area (Å²) in [6.07, 6.45) is 4.07. The number of halogens is 1. The van der Waals surface area contributed by atoms with Crippen molar-refractivity contribution in [3.8, 4) is 0 Å². The highest BCUT2D eigenvalue weighted by atomic mass is 35.5. The van der Waals surface area contributed by atoms with E-state index in [1.165, 1.54) is 6.07 Å². The molecule has 0 unspecified atom stereocenters. The van der Waals surface area contributed by atoms with Gasteiger partial charge in [0.2, 0.25) is 0 Å². The first-order valence-electron chi connectivity index (χ1n) is 6.77. The molecule has 1 heterocycles. The van der Waals surface area contributed by atoms with Crippen LogP contribution in [0.15, 0.2) is 42.7 Å². The molecule has 0 amide bonds. The Morgan fingerprint density at radius 2 is 2.23 bits per heavy atom. The number of nitro benzene ring substituents is 1. The van der Waals surface area contributed by atoms with Gasteiger partial charge in [-0.25, -0.2) is 0 Å². The van der Waals surface area contributed by atoms with Crippen LogP contribution in [-0.4, -0.2) is 28.2 Å². The fourth-order valence-corrected chi connectivity index (χ4v) is 2.28. The molecule has 1 atom stereocenters. The van der Waals surface area contributed by atoms with Gasteiger partial charge in [-0.1, -0.05) is 17.7 Å². The largest absolute Gasteiger partial charge is 0.396 e. The van der Waals surface area contributed by atoms with E-state index in [0.717, 1.165) is 5.56 Å². The summed E-state index contributed by atoms with van der Waals surface area (Å²) in [5.74, 6) is -0.0699. The monoisotopic (exact) mass is 321 g/mol. The van der Waals surface area contributed by atoms with Crippen molar-refractivity contribution in [3.05, 3.63) is 63.4 Å². The van der Waals surface area contributed by atoms with Crippen LogP contribution in [0.1, 0.15) is 5.56 Å². The smallest absolute Gasteiger partial charge is 0.293 e. The summed E-state index contributed by atoms with van der Waals surface area (Å²) in [6.45, 7) is 0.386. The molecular formula is C15H16ClN3O3. The summed E-state index contributed by atoms with van der Waals surface area (Å²) in [5, 5.41) is 23.8. The number of nitrogens with one attached hydrogen (secondary N) is 1. The van der Waals surface area contributed by atoms with Gasteiger partial charge in [0, 0.05) is 42.6 Å². The third kappa shape index (κ3) is 4.41. The number of aliphatic hydroxyl groups is 1. The van der Waals surface area contributed by atoms with Crippen LogP contribution in [-0.2, 0) is 6.42 Å². The zero-order valence-corrected chi connectivity index (χ0v) is 12.5. The van der Waals surface area contributed by atoms with Gasteiger partial charge in [0.15, 0.2) is 0 Å². The quantitative estimate of drug-likeness (QED) is 0.604. The minimum atomic E-state index is -0.483. The third-order valence-electron chi connectivity index (χ3n) is 3.24. The van der Waals surface area contributed by atoms with Gasteiger partial charge in [0.25, 0.3) is 5.69 Å². The van der Waals surface area contributed by atoms with Gasteiger partial charge in [-0.15, -0.1) is 0 Å². The second-order valence-corrected chi connectivity index (χ2v) is 5.35. The van der Waals surface area contributed by atoms with Crippen molar-refractivity contribution in [2.45, 2.75) is 6.42 Å². The lowest BCUT2D eigenvalue weighted by atomic mass is 10.0. The molecule has 0 fully saturated rings. The van der Waals surface area contributed by atoms with Gasteiger partial charge in [0.05, 0.1) is 4.92 Å². The second kappa shape index (κ2) is 7.72. The minimum Gasteiger partial charge on any atom is -0.396 e. The van der Waals surface area contributed by atoms with E-state index in [1.54, 1.807) is 24.5 Å². The summed E-state index contributed by atoms with van der Waals surface area (Å²) >= 11 is 5.78. The van der Waals surface area contributed by atoms with E-state index < -0.39 is 4.92 Å². The molecule has 2 N–H and O–H groups in total. The van der Waals surface area contributed by atoms with Crippen LogP contribution in [0.2, 0.25) is 5.02 Å². The molecule has 22 heavy (non-hydrogen) atoms. The average Bonchev–Trinajstić information content (AvgIpc) is 2.53. The second-order valence-electron chi connectivity index (χ2n) is 4.91. The van der Waals surface area contributed by atoms with E-state index in [9.17, 15) is 15.2 Å². The lowest BCUT2D eigenvalue weighted by Crippen LogP contribution is -2.20. The Bertz CT molecular complexity index is 637. The van der Waals surface area contributed by atoms with Gasteiger partial charge in [-0.3, -0.25) is 15.1 Å². The molecule has 2 aromatic rings. The van der Waals surface area contributed by atoms with E-state index in [2.05, 4.69) is 10.3 Å². The molecule has 0 spiro atoms. The average molecular weight is 322 g/mol. The van der Waals surface area contributed by atoms with Crippen LogP contribution < -0.4 is 5.32 Å². The Hall–Kier alpha value is -2.18. The molecule has 2 rings (SSSR count). The van der Waals surface area contributed by atoms with Crippen molar-refractivity contribution in [2.24, 2.45) is 5.92 Å². The normalized spacial score (nSPS) is 11.9. The van der Waals surface area contributed by atoms with Gasteiger partial charge in [0.1, 0.15) is 5.69 Å². The SMILES string of the molecule is O=[N+]([O-])c1cc(Cl)ccc1NC[C@@H](CO)Cc1cccnc1. The highest BCUT2D eigenvalue weighted by Crippen LogP contribution is 2.28. The first kappa shape index (κ1) is 16.2. The summed E-state index contributed by atoms with van der Waals surface area (Å²) in [5.41, 5.74) is 1.32.